The summed E-state index contributed by atoms with van der Waals surface area (Å²) in [6.07, 6.45) is 81.6. The average molecular weight is 1520 g/mol. The van der Waals surface area contributed by atoms with Gasteiger partial charge in [0, 0.05) is 35.2 Å². The van der Waals surface area contributed by atoms with Crippen LogP contribution in [0.4, 0.5) is 0 Å². The molecule has 1 aromatic carbocycles. The molecule has 6 nitrogen and oxygen atoms in total. The molecule has 2 saturated heterocycles. The summed E-state index contributed by atoms with van der Waals surface area (Å²) >= 11 is 0. The minimum absolute atomic E-state index is 0.159. The molecule has 112 heavy (non-hydrogen) atoms. The van der Waals surface area contributed by atoms with E-state index in [9.17, 15) is 0 Å². The zero-order valence-electron chi connectivity index (χ0n) is 74.4. The Hall–Kier alpha value is -4.85. The molecule has 16 atom stereocenters. The lowest BCUT2D eigenvalue weighted by molar-refractivity contribution is 0.00578. The van der Waals surface area contributed by atoms with Crippen molar-refractivity contribution in [1.29, 1.82) is 0 Å². The van der Waals surface area contributed by atoms with Gasteiger partial charge in [0.2, 0.25) is 0 Å². The largest absolute Gasteiger partial charge is 0.494 e. The van der Waals surface area contributed by atoms with Crippen LogP contribution in [-0.2, 0) is 25.0 Å². The Morgan fingerprint density at radius 2 is 1.26 bits per heavy atom. The third-order valence-electron chi connectivity index (χ3n) is 30.8. The lowest BCUT2D eigenvalue weighted by Crippen LogP contribution is -2.47. The van der Waals surface area contributed by atoms with Crippen LogP contribution in [0.2, 0.25) is 5.82 Å². The Kier molecular flexibility index (Phi) is 27.8. The van der Waals surface area contributed by atoms with E-state index in [1.54, 1.807) is 22.4 Å². The van der Waals surface area contributed by atoms with Gasteiger partial charge >= 0.3 is 14.2 Å². The van der Waals surface area contributed by atoms with E-state index < -0.39 is 0 Å². The predicted molar refractivity (Wildman–Crippen MR) is 478 cm³/mol. The molecule has 0 radical (unpaired) electrons. The SMILES string of the molecule is CCCCCCC1=CC(C2CC=C(N(C3C=CC(C4=C(C)CC(CC(C)C)CC4C)=CC3)C3C=CC(C4C=CC(B5OC(C)(C)C(C)(C)O5)=CC4)=CC3)C=C2C)C(CCCCCC)CC1C1CCC(N(C2=CC=C(c3c(C)cc(CC(C)C)cc3C)CC2)C2C=CC(C3C=CC(B4OC(C)(C)C(C)(C)O4)CC3)CC2)CC1C. The van der Waals surface area contributed by atoms with Crippen molar-refractivity contribution in [2.24, 2.45) is 76.9 Å². The number of hydrogen-bond donors (Lipinski definition) is 0. The first-order chi connectivity index (χ1) is 53.5. The van der Waals surface area contributed by atoms with Crippen LogP contribution in [0, 0.1) is 90.8 Å². The van der Waals surface area contributed by atoms with Gasteiger partial charge in [-0.1, -0.05) is 226 Å². The lowest BCUT2D eigenvalue weighted by atomic mass is 9.59. The fourth-order valence-electron chi connectivity index (χ4n) is 23.6. The van der Waals surface area contributed by atoms with Gasteiger partial charge in [0.05, 0.1) is 34.5 Å². The quantitative estimate of drug-likeness (QED) is 0.0473. The Labute approximate surface area is 685 Å². The van der Waals surface area contributed by atoms with E-state index in [4.69, 9.17) is 18.6 Å². The summed E-state index contributed by atoms with van der Waals surface area (Å²) in [6, 6.07) is 6.53. The van der Waals surface area contributed by atoms with Crippen molar-refractivity contribution in [2.45, 2.75) is 371 Å². The average Bonchev–Trinajstić information content (AvgIpc) is 1.71. The van der Waals surface area contributed by atoms with Gasteiger partial charge in [0.1, 0.15) is 0 Å². The third-order valence-corrected chi connectivity index (χ3v) is 30.8. The van der Waals surface area contributed by atoms with Crippen molar-refractivity contribution in [3.63, 3.8) is 0 Å². The van der Waals surface area contributed by atoms with Crippen molar-refractivity contribution < 1.29 is 18.6 Å². The van der Waals surface area contributed by atoms with Crippen LogP contribution in [-0.4, -0.2) is 70.6 Å². The highest BCUT2D eigenvalue weighted by Crippen LogP contribution is 2.54. The molecule has 0 amide bonds. The smallest absolute Gasteiger partial charge is 0.403 e. The number of unbranched alkanes of at least 4 members (excludes halogenated alkanes) is 6. The molecule has 3 fully saturated rings. The molecule has 0 bridgehead atoms. The van der Waals surface area contributed by atoms with Crippen LogP contribution in [0.5, 0.6) is 0 Å². The van der Waals surface area contributed by atoms with Crippen LogP contribution in [0.1, 0.15) is 320 Å². The van der Waals surface area contributed by atoms with Crippen LogP contribution in [0.3, 0.4) is 0 Å². The molecule has 8 heteroatoms. The maximum atomic E-state index is 6.60. The zero-order valence-corrected chi connectivity index (χ0v) is 74.4. The molecule has 0 N–H and O–H groups in total. The minimum atomic E-state index is -0.351. The Morgan fingerprint density at radius 1 is 0.580 bits per heavy atom. The van der Waals surface area contributed by atoms with Crippen molar-refractivity contribution >= 4 is 19.8 Å². The van der Waals surface area contributed by atoms with Crippen LogP contribution < -0.4 is 0 Å². The summed E-state index contributed by atoms with van der Waals surface area (Å²) in [7, 11) is -0.478. The molecule has 1 saturated carbocycles. The van der Waals surface area contributed by atoms with E-state index >= 15 is 0 Å². The van der Waals surface area contributed by atoms with Crippen molar-refractivity contribution in [2.75, 3.05) is 0 Å². The summed E-state index contributed by atoms with van der Waals surface area (Å²) in [5.41, 5.74) is 20.0. The highest BCUT2D eigenvalue weighted by molar-refractivity contribution is 6.55. The van der Waals surface area contributed by atoms with E-state index in [0.717, 1.165) is 74.6 Å². The molecule has 12 aliphatic rings. The maximum absolute atomic E-state index is 6.60. The minimum Gasteiger partial charge on any atom is -0.403 e. The molecule has 16 unspecified atom stereocenters. The van der Waals surface area contributed by atoms with E-state index in [-0.39, 0.29) is 48.7 Å². The molecule has 2 aliphatic heterocycles. The number of benzene rings is 1. The molecule has 10 aliphatic carbocycles. The van der Waals surface area contributed by atoms with Gasteiger partial charge in [-0.05, 0) is 351 Å². The Bertz CT molecular complexity index is 3860. The van der Waals surface area contributed by atoms with Crippen LogP contribution >= 0.6 is 0 Å². The van der Waals surface area contributed by atoms with Crippen molar-refractivity contribution in [1.82, 2.24) is 9.80 Å². The topological polar surface area (TPSA) is 43.4 Å². The van der Waals surface area contributed by atoms with Crippen molar-refractivity contribution in [3.8, 4) is 0 Å². The Morgan fingerprint density at radius 3 is 1.83 bits per heavy atom. The van der Waals surface area contributed by atoms with E-state index in [2.05, 4.69) is 270 Å². The van der Waals surface area contributed by atoms with Crippen LogP contribution in [0.25, 0.3) is 5.57 Å². The second-order valence-corrected chi connectivity index (χ2v) is 41.2. The van der Waals surface area contributed by atoms with Gasteiger partial charge < -0.3 is 28.4 Å². The second kappa shape index (κ2) is 36.6. The molecular weight excluding hydrogens is 1360 g/mol. The highest BCUT2D eigenvalue weighted by Gasteiger charge is 2.55. The zero-order chi connectivity index (χ0) is 79.6. The Balaban J connectivity index is 0.757. The standard InChI is InChI=1S/C104H154B2N2O4/c1-21-23-25-27-29-85-67-98(96-58-56-94(66-72(96)8)108(92-53-41-84(42-54-92)100-75(11)63-78(60-70(5)6)64-76(100)12)90-49-37-82(38-50-90)80-33-45-88(46-34-80)106-111-103(17,18)104(19,20)112-106)86(30-28-26-24-22-2)68-97(85)95-57-55-93(65-71(95)7)107(91-51-39-83(40-52-91)99-73(9)61-77(59-69(3)4)62-74(99)10)89-47-35-81(36-48-89)79-31-43-87(44-32-79)105-109-101(13,14)102(15,16)110-105/h31,33,35-37,39-41,43-45,47,49,51,53,55,63-65,68-70,72-73,77,79-80,82,85,88-91,94-98H,21-30,32,34,38,42,46,48,50,52,54,56-62,66-67H2,1-20H3. The van der Waals surface area contributed by atoms with E-state index in [1.165, 1.54) is 173 Å². The van der Waals surface area contributed by atoms with Gasteiger partial charge in [-0.25, -0.2) is 0 Å². The van der Waals surface area contributed by atoms with E-state index in [0.29, 0.717) is 77.1 Å². The summed E-state index contributed by atoms with van der Waals surface area (Å²) in [5.74, 6) is 8.50. The van der Waals surface area contributed by atoms with E-state index in [1.807, 2.05) is 5.57 Å². The number of allylic oxidation sites excluding steroid dienone is 22. The molecule has 1 aromatic rings. The summed E-state index contributed by atoms with van der Waals surface area (Å²) < 4.78 is 26.2. The number of aryl methyl sites for hydroxylation is 2. The number of rotatable bonds is 28. The number of hydrogen-bond acceptors (Lipinski definition) is 6. The molecule has 0 spiro atoms. The van der Waals surface area contributed by atoms with Gasteiger partial charge in [-0.15, -0.1) is 0 Å². The fourth-order valence-corrected chi connectivity index (χ4v) is 23.6. The van der Waals surface area contributed by atoms with Gasteiger partial charge in [-0.3, -0.25) is 0 Å². The maximum Gasteiger partial charge on any atom is 0.494 e. The summed E-state index contributed by atoms with van der Waals surface area (Å²) in [4.78, 5) is 5.93. The highest BCUT2D eigenvalue weighted by atomic mass is 16.7. The summed E-state index contributed by atoms with van der Waals surface area (Å²) in [5, 5.41) is 0. The predicted octanol–water partition coefficient (Wildman–Crippen LogP) is 27.8. The second-order valence-electron chi connectivity index (χ2n) is 41.2. The molecule has 2 heterocycles. The molecular formula is C104H154B2N2O4. The third kappa shape index (κ3) is 19.3. The van der Waals surface area contributed by atoms with Gasteiger partial charge in [0.25, 0.3) is 0 Å². The lowest BCUT2D eigenvalue weighted by Gasteiger charge is -2.50. The first-order valence-electron chi connectivity index (χ1n) is 46.6. The first kappa shape index (κ1) is 85.0. The van der Waals surface area contributed by atoms with Crippen LogP contribution in [0.15, 0.2) is 172 Å². The molecule has 0 aromatic heterocycles. The first-order valence-corrected chi connectivity index (χ1v) is 46.6. The van der Waals surface area contributed by atoms with Crippen molar-refractivity contribution in [3.05, 3.63) is 194 Å². The summed E-state index contributed by atoms with van der Waals surface area (Å²) in [6.45, 7) is 46.7. The normalized spacial score (nSPS) is 33.0. The number of nitrogens with zero attached hydrogens (tertiary/aromatic N) is 2. The fraction of sp³-hybridized carbons (Fsp3) is 0.673. The van der Waals surface area contributed by atoms with Gasteiger partial charge in [-0.2, -0.15) is 0 Å². The monoisotopic (exact) mass is 1520 g/mol. The molecule has 13 rings (SSSR count). The van der Waals surface area contributed by atoms with Gasteiger partial charge in [0.15, 0.2) is 0 Å². The molecule has 610 valence electrons.